The monoisotopic (exact) mass is 379 g/mol. The Hall–Kier alpha value is -3.42. The van der Waals surface area contributed by atoms with Crippen molar-refractivity contribution >= 4 is 17.5 Å². The van der Waals surface area contributed by atoms with E-state index in [1.54, 1.807) is 4.68 Å². The van der Waals surface area contributed by atoms with Crippen LogP contribution in [0.3, 0.4) is 0 Å². The van der Waals surface area contributed by atoms with Crippen LogP contribution in [-0.4, -0.2) is 39.1 Å². The van der Waals surface area contributed by atoms with Gasteiger partial charge in [0.1, 0.15) is 5.82 Å². The number of nitrogens with zero attached hydrogens (tertiary/aromatic N) is 4. The summed E-state index contributed by atoms with van der Waals surface area (Å²) < 4.78 is 1.76. The van der Waals surface area contributed by atoms with Gasteiger partial charge in [-0.2, -0.15) is 5.10 Å². The highest BCUT2D eigenvalue weighted by Crippen LogP contribution is 2.15. The lowest BCUT2D eigenvalue weighted by Crippen LogP contribution is -2.33. The molecule has 0 fully saturated rings. The number of aromatic nitrogens is 4. The molecule has 0 unspecified atom stereocenters. The third kappa shape index (κ3) is 4.85. The van der Waals surface area contributed by atoms with Crippen molar-refractivity contribution in [3.8, 4) is 5.82 Å². The van der Waals surface area contributed by atoms with E-state index in [1.165, 1.54) is 0 Å². The maximum atomic E-state index is 12.0. The van der Waals surface area contributed by atoms with E-state index in [9.17, 15) is 4.79 Å². The number of benzene rings is 1. The van der Waals surface area contributed by atoms with Crippen molar-refractivity contribution in [2.24, 2.45) is 0 Å². The summed E-state index contributed by atoms with van der Waals surface area (Å²) in [5, 5.41) is 21.6. The number of amides is 2. The van der Waals surface area contributed by atoms with Crippen molar-refractivity contribution < 1.29 is 4.79 Å². The number of nitrogens with one attached hydrogen (secondary N) is 3. The molecule has 1 aromatic carbocycles. The SMILES string of the molecule is CCc1ccccc1NC(=O)NCCNc1ccc(-n2nc(C)cc2C)nn1. The van der Waals surface area contributed by atoms with E-state index in [-0.39, 0.29) is 6.03 Å². The summed E-state index contributed by atoms with van der Waals surface area (Å²) in [6.07, 6.45) is 0.865. The van der Waals surface area contributed by atoms with E-state index in [2.05, 4.69) is 38.2 Å². The molecule has 2 amide bonds. The Labute approximate surface area is 164 Å². The minimum absolute atomic E-state index is 0.228. The summed E-state index contributed by atoms with van der Waals surface area (Å²) in [6.45, 7) is 6.97. The van der Waals surface area contributed by atoms with Crippen LogP contribution in [-0.2, 0) is 6.42 Å². The fraction of sp³-hybridized carbons (Fsp3) is 0.300. The standard InChI is InChI=1S/C20H25N7O/c1-4-16-7-5-6-8-17(16)23-20(28)22-12-11-21-18-9-10-19(25-24-18)27-15(3)13-14(2)26-27/h5-10,13H,4,11-12H2,1-3H3,(H,21,24)(H2,22,23,28). The average molecular weight is 379 g/mol. The van der Waals surface area contributed by atoms with Crippen LogP contribution in [0.5, 0.6) is 0 Å². The third-order valence-corrected chi connectivity index (χ3v) is 4.24. The summed E-state index contributed by atoms with van der Waals surface area (Å²) in [4.78, 5) is 12.0. The Balaban J connectivity index is 1.45. The minimum Gasteiger partial charge on any atom is -0.367 e. The zero-order valence-corrected chi connectivity index (χ0v) is 16.4. The van der Waals surface area contributed by atoms with Crippen molar-refractivity contribution in [1.82, 2.24) is 25.3 Å². The molecule has 28 heavy (non-hydrogen) atoms. The van der Waals surface area contributed by atoms with Crippen LogP contribution in [0.2, 0.25) is 0 Å². The van der Waals surface area contributed by atoms with Crippen LogP contribution in [0.25, 0.3) is 5.82 Å². The average Bonchev–Trinajstić information content (AvgIpc) is 3.04. The van der Waals surface area contributed by atoms with Gasteiger partial charge in [-0.25, -0.2) is 9.48 Å². The third-order valence-electron chi connectivity index (χ3n) is 4.24. The van der Waals surface area contributed by atoms with E-state index in [0.29, 0.717) is 24.7 Å². The highest BCUT2D eigenvalue weighted by Gasteiger charge is 2.07. The molecule has 8 heteroatoms. The molecule has 0 aliphatic heterocycles. The summed E-state index contributed by atoms with van der Waals surface area (Å²) in [6, 6.07) is 13.2. The second-order valence-electron chi connectivity index (χ2n) is 6.43. The summed E-state index contributed by atoms with van der Waals surface area (Å²) in [5.41, 5.74) is 3.88. The Bertz CT molecular complexity index is 934. The van der Waals surface area contributed by atoms with Gasteiger partial charge in [0, 0.05) is 24.5 Å². The van der Waals surface area contributed by atoms with Gasteiger partial charge in [-0.3, -0.25) is 0 Å². The van der Waals surface area contributed by atoms with Gasteiger partial charge in [0.15, 0.2) is 5.82 Å². The van der Waals surface area contributed by atoms with Crippen molar-refractivity contribution in [1.29, 1.82) is 0 Å². The van der Waals surface area contributed by atoms with Gasteiger partial charge in [-0.05, 0) is 50.1 Å². The molecule has 0 saturated heterocycles. The number of carbonyl (C=O) groups is 1. The van der Waals surface area contributed by atoms with Crippen molar-refractivity contribution in [3.63, 3.8) is 0 Å². The maximum absolute atomic E-state index is 12.0. The molecule has 0 bridgehead atoms. The molecule has 146 valence electrons. The van der Waals surface area contributed by atoms with Crippen LogP contribution in [0, 0.1) is 13.8 Å². The van der Waals surface area contributed by atoms with Crippen LogP contribution >= 0.6 is 0 Å². The molecule has 0 aliphatic carbocycles. The van der Waals surface area contributed by atoms with E-state index >= 15 is 0 Å². The molecule has 0 spiro atoms. The molecule has 3 N–H and O–H groups in total. The lowest BCUT2D eigenvalue weighted by atomic mass is 10.1. The number of aryl methyl sites for hydroxylation is 3. The van der Waals surface area contributed by atoms with Crippen LogP contribution in [0.15, 0.2) is 42.5 Å². The molecule has 0 aliphatic rings. The quantitative estimate of drug-likeness (QED) is 0.548. The normalized spacial score (nSPS) is 10.5. The predicted molar refractivity (Wildman–Crippen MR) is 110 cm³/mol. The first-order valence-electron chi connectivity index (χ1n) is 9.31. The second kappa shape index (κ2) is 8.98. The highest BCUT2D eigenvalue weighted by molar-refractivity contribution is 5.90. The number of para-hydroxylation sites is 1. The zero-order chi connectivity index (χ0) is 19.9. The lowest BCUT2D eigenvalue weighted by Gasteiger charge is -2.11. The van der Waals surface area contributed by atoms with E-state index in [1.807, 2.05) is 56.3 Å². The largest absolute Gasteiger partial charge is 0.367 e. The Morgan fingerprint density at radius 1 is 1.07 bits per heavy atom. The highest BCUT2D eigenvalue weighted by atomic mass is 16.2. The molecular weight excluding hydrogens is 354 g/mol. The number of anilines is 2. The zero-order valence-electron chi connectivity index (χ0n) is 16.4. The second-order valence-corrected chi connectivity index (χ2v) is 6.43. The molecular formula is C20H25N7O. The van der Waals surface area contributed by atoms with Gasteiger partial charge in [-0.1, -0.05) is 25.1 Å². The first-order chi connectivity index (χ1) is 13.6. The van der Waals surface area contributed by atoms with Crippen LogP contribution in [0.1, 0.15) is 23.9 Å². The molecule has 0 atom stereocenters. The van der Waals surface area contributed by atoms with Gasteiger partial charge in [0.2, 0.25) is 0 Å². The summed E-state index contributed by atoms with van der Waals surface area (Å²) in [5.74, 6) is 1.31. The van der Waals surface area contributed by atoms with Gasteiger partial charge in [0.25, 0.3) is 0 Å². The number of carbonyl (C=O) groups excluding carboxylic acids is 1. The van der Waals surface area contributed by atoms with Crippen molar-refractivity contribution in [3.05, 3.63) is 59.4 Å². The number of hydrogen-bond donors (Lipinski definition) is 3. The number of hydrogen-bond acceptors (Lipinski definition) is 5. The van der Waals surface area contributed by atoms with Gasteiger partial charge >= 0.3 is 6.03 Å². The van der Waals surface area contributed by atoms with Gasteiger partial charge < -0.3 is 16.0 Å². The van der Waals surface area contributed by atoms with Crippen molar-refractivity contribution in [2.45, 2.75) is 27.2 Å². The van der Waals surface area contributed by atoms with Crippen LogP contribution in [0.4, 0.5) is 16.3 Å². The Kier molecular flexibility index (Phi) is 6.21. The number of urea groups is 1. The summed E-state index contributed by atoms with van der Waals surface area (Å²) in [7, 11) is 0. The van der Waals surface area contributed by atoms with E-state index in [0.717, 1.165) is 29.1 Å². The molecule has 2 aromatic heterocycles. The minimum atomic E-state index is -0.228. The van der Waals surface area contributed by atoms with Gasteiger partial charge in [-0.15, -0.1) is 10.2 Å². The van der Waals surface area contributed by atoms with E-state index < -0.39 is 0 Å². The molecule has 3 rings (SSSR count). The molecule has 0 radical (unpaired) electrons. The van der Waals surface area contributed by atoms with E-state index in [4.69, 9.17) is 0 Å². The fourth-order valence-corrected chi connectivity index (χ4v) is 2.88. The Morgan fingerprint density at radius 3 is 2.57 bits per heavy atom. The first-order valence-corrected chi connectivity index (χ1v) is 9.31. The molecule has 3 aromatic rings. The Morgan fingerprint density at radius 2 is 1.89 bits per heavy atom. The molecule has 2 heterocycles. The first kappa shape index (κ1) is 19.3. The number of rotatable bonds is 7. The topological polar surface area (TPSA) is 96.8 Å². The lowest BCUT2D eigenvalue weighted by molar-refractivity contribution is 0.252. The maximum Gasteiger partial charge on any atom is 0.319 e. The molecule has 0 saturated carbocycles. The predicted octanol–water partition coefficient (Wildman–Crippen LogP) is 3.08. The van der Waals surface area contributed by atoms with Gasteiger partial charge in [0.05, 0.1) is 5.69 Å². The van der Waals surface area contributed by atoms with Crippen molar-refractivity contribution in [2.75, 3.05) is 23.7 Å². The van der Waals surface area contributed by atoms with Crippen LogP contribution < -0.4 is 16.0 Å². The smallest absolute Gasteiger partial charge is 0.319 e. The molecule has 8 nitrogen and oxygen atoms in total. The summed E-state index contributed by atoms with van der Waals surface area (Å²) >= 11 is 0. The fourth-order valence-electron chi connectivity index (χ4n) is 2.88.